The number of carbonyl (C=O) groups is 2. The summed E-state index contributed by atoms with van der Waals surface area (Å²) >= 11 is 0. The number of hydrogen-bond donors (Lipinski definition) is 0. The topological polar surface area (TPSA) is 34.1 Å². The van der Waals surface area contributed by atoms with Gasteiger partial charge in [0.25, 0.3) is 0 Å². The number of ketones is 2. The van der Waals surface area contributed by atoms with Crippen molar-refractivity contribution in [1.82, 2.24) is 0 Å². The van der Waals surface area contributed by atoms with Crippen LogP contribution in [0.15, 0.2) is 30.3 Å². The normalized spacial score (nSPS) is 18.9. The molecule has 1 saturated carbocycles. The molecule has 1 atom stereocenters. The van der Waals surface area contributed by atoms with E-state index >= 15 is 0 Å². The van der Waals surface area contributed by atoms with E-state index in [1.165, 1.54) is 0 Å². The first-order valence-corrected chi connectivity index (χ1v) is 6.38. The second-order valence-corrected chi connectivity index (χ2v) is 4.61. The Balaban J connectivity index is 1.92. The summed E-state index contributed by atoms with van der Waals surface area (Å²) in [5.41, 5.74) is 0.611. The molecule has 1 unspecified atom stereocenters. The second kappa shape index (κ2) is 6.16. The summed E-state index contributed by atoms with van der Waals surface area (Å²) in [4.78, 5) is 23.3. The molecule has 0 heterocycles. The minimum absolute atomic E-state index is 0.0508. The lowest BCUT2D eigenvalue weighted by atomic mass is 9.86. The minimum Gasteiger partial charge on any atom is -0.299 e. The van der Waals surface area contributed by atoms with Crippen molar-refractivity contribution < 1.29 is 9.59 Å². The first-order valence-electron chi connectivity index (χ1n) is 6.38. The molecule has 2 nitrogen and oxygen atoms in total. The van der Waals surface area contributed by atoms with Gasteiger partial charge >= 0.3 is 0 Å². The summed E-state index contributed by atoms with van der Waals surface area (Å²) < 4.78 is 0. The molecule has 0 N–H and O–H groups in total. The van der Waals surface area contributed by atoms with Gasteiger partial charge in [-0.2, -0.15) is 0 Å². The van der Waals surface area contributed by atoms with Gasteiger partial charge in [-0.15, -0.1) is 0 Å². The Labute approximate surface area is 107 Å². The van der Waals surface area contributed by atoms with Crippen molar-refractivity contribution in [1.29, 1.82) is 0 Å². The summed E-state index contributed by atoms with van der Waals surface area (Å²) in [6, 6.07) is 9.01. The smallest absolute Gasteiger partial charge is 0.235 e. The number of carbonyl (C=O) groups excluding carboxylic acids is 2. The zero-order valence-electron chi connectivity index (χ0n) is 10.3. The third-order valence-electron chi connectivity index (χ3n) is 3.27. The summed E-state index contributed by atoms with van der Waals surface area (Å²) in [6.45, 7) is 0. The van der Waals surface area contributed by atoms with Gasteiger partial charge in [0.1, 0.15) is 5.78 Å². The second-order valence-electron chi connectivity index (χ2n) is 4.61. The number of Topliss-reactive ketones (excluding diaryl/α,β-unsaturated/α-hetero) is 2. The molecule has 1 aromatic rings. The Morgan fingerprint density at radius 1 is 1.22 bits per heavy atom. The molecule has 0 amide bonds. The Bertz CT molecular complexity index is 491. The van der Waals surface area contributed by atoms with Crippen LogP contribution in [0.3, 0.4) is 0 Å². The van der Waals surface area contributed by atoms with Crippen molar-refractivity contribution in [3.05, 3.63) is 35.9 Å². The van der Waals surface area contributed by atoms with Crippen LogP contribution in [0.5, 0.6) is 0 Å². The Hall–Kier alpha value is -1.88. The van der Waals surface area contributed by atoms with E-state index < -0.39 is 0 Å². The van der Waals surface area contributed by atoms with Crippen LogP contribution in [-0.2, 0) is 4.79 Å². The highest BCUT2D eigenvalue weighted by molar-refractivity contribution is 6.08. The van der Waals surface area contributed by atoms with E-state index in [0.717, 1.165) is 19.3 Å². The van der Waals surface area contributed by atoms with Crippen LogP contribution in [0.25, 0.3) is 0 Å². The van der Waals surface area contributed by atoms with E-state index in [0.29, 0.717) is 24.2 Å². The van der Waals surface area contributed by atoms with E-state index in [-0.39, 0.29) is 11.7 Å². The van der Waals surface area contributed by atoms with Crippen molar-refractivity contribution in [2.75, 3.05) is 0 Å². The van der Waals surface area contributed by atoms with Gasteiger partial charge in [-0.1, -0.05) is 42.7 Å². The predicted molar refractivity (Wildman–Crippen MR) is 70.1 cm³/mol. The molecule has 0 aromatic heterocycles. The summed E-state index contributed by atoms with van der Waals surface area (Å²) in [7, 11) is 0. The van der Waals surface area contributed by atoms with Crippen molar-refractivity contribution in [3.8, 4) is 11.8 Å². The van der Waals surface area contributed by atoms with Gasteiger partial charge in [-0.3, -0.25) is 9.59 Å². The molecule has 0 spiro atoms. The molecular formula is C16H16O2. The van der Waals surface area contributed by atoms with E-state index in [1.807, 2.05) is 18.2 Å². The van der Waals surface area contributed by atoms with Gasteiger partial charge in [-0.25, -0.2) is 0 Å². The van der Waals surface area contributed by atoms with E-state index in [4.69, 9.17) is 0 Å². The van der Waals surface area contributed by atoms with Crippen LogP contribution in [0.1, 0.15) is 42.5 Å². The molecule has 0 saturated heterocycles. The van der Waals surface area contributed by atoms with Crippen LogP contribution in [0.4, 0.5) is 0 Å². The van der Waals surface area contributed by atoms with Gasteiger partial charge in [0, 0.05) is 24.3 Å². The monoisotopic (exact) mass is 240 g/mol. The number of hydrogen-bond acceptors (Lipinski definition) is 2. The third kappa shape index (κ3) is 3.30. The van der Waals surface area contributed by atoms with Gasteiger partial charge in [0.15, 0.2) is 0 Å². The SMILES string of the molecule is O=C(C#CCC1CCCCC1=O)c1ccccc1. The average Bonchev–Trinajstić information content (AvgIpc) is 2.42. The highest BCUT2D eigenvalue weighted by Crippen LogP contribution is 2.22. The lowest BCUT2D eigenvalue weighted by Crippen LogP contribution is -2.18. The fourth-order valence-corrected chi connectivity index (χ4v) is 2.19. The van der Waals surface area contributed by atoms with Gasteiger partial charge < -0.3 is 0 Å². The molecule has 92 valence electrons. The lowest BCUT2D eigenvalue weighted by molar-refractivity contribution is -0.124. The van der Waals surface area contributed by atoms with Crippen LogP contribution in [0, 0.1) is 17.8 Å². The molecule has 2 rings (SSSR count). The Kier molecular flexibility index (Phi) is 4.30. The zero-order valence-corrected chi connectivity index (χ0v) is 10.3. The maximum atomic E-state index is 11.7. The predicted octanol–water partition coefficient (Wildman–Crippen LogP) is 3.02. The van der Waals surface area contributed by atoms with E-state index in [2.05, 4.69) is 11.8 Å². The lowest BCUT2D eigenvalue weighted by Gasteiger charge is -2.17. The number of rotatable bonds is 2. The van der Waals surface area contributed by atoms with Crippen LogP contribution >= 0.6 is 0 Å². The van der Waals surface area contributed by atoms with E-state index in [1.54, 1.807) is 12.1 Å². The highest BCUT2D eigenvalue weighted by atomic mass is 16.1. The van der Waals surface area contributed by atoms with E-state index in [9.17, 15) is 9.59 Å². The minimum atomic E-state index is -0.168. The Morgan fingerprint density at radius 2 is 2.00 bits per heavy atom. The standard InChI is InChI=1S/C16H16O2/c17-15-11-5-4-9-14(15)10-6-12-16(18)13-7-2-1-3-8-13/h1-3,7-8,14H,4-5,9-11H2. The molecule has 1 aromatic carbocycles. The maximum absolute atomic E-state index is 11.7. The summed E-state index contributed by atoms with van der Waals surface area (Å²) in [6.07, 6.45) is 4.24. The molecule has 18 heavy (non-hydrogen) atoms. The fraction of sp³-hybridized carbons (Fsp3) is 0.375. The van der Waals surface area contributed by atoms with Crippen molar-refractivity contribution in [3.63, 3.8) is 0 Å². The average molecular weight is 240 g/mol. The van der Waals surface area contributed by atoms with Crippen LogP contribution in [-0.4, -0.2) is 11.6 Å². The van der Waals surface area contributed by atoms with Gasteiger partial charge in [-0.05, 0) is 18.8 Å². The number of benzene rings is 1. The summed E-state index contributed by atoms with van der Waals surface area (Å²) in [5, 5.41) is 0. The molecule has 0 radical (unpaired) electrons. The summed E-state index contributed by atoms with van der Waals surface area (Å²) in [5.74, 6) is 5.68. The maximum Gasteiger partial charge on any atom is 0.235 e. The van der Waals surface area contributed by atoms with Crippen molar-refractivity contribution in [2.45, 2.75) is 32.1 Å². The first kappa shape index (κ1) is 12.6. The molecule has 1 aliphatic rings. The quantitative estimate of drug-likeness (QED) is 0.452. The third-order valence-corrected chi connectivity index (χ3v) is 3.27. The Morgan fingerprint density at radius 3 is 2.72 bits per heavy atom. The molecule has 0 aliphatic heterocycles. The van der Waals surface area contributed by atoms with Gasteiger partial charge in [0.2, 0.25) is 5.78 Å². The first-order chi connectivity index (χ1) is 8.77. The highest BCUT2D eigenvalue weighted by Gasteiger charge is 2.20. The molecule has 0 bridgehead atoms. The molecule has 1 aliphatic carbocycles. The van der Waals surface area contributed by atoms with Crippen LogP contribution in [0.2, 0.25) is 0 Å². The van der Waals surface area contributed by atoms with Crippen molar-refractivity contribution >= 4 is 11.6 Å². The zero-order chi connectivity index (χ0) is 12.8. The largest absolute Gasteiger partial charge is 0.299 e. The van der Waals surface area contributed by atoms with Gasteiger partial charge in [0.05, 0.1) is 0 Å². The van der Waals surface area contributed by atoms with Crippen LogP contribution < -0.4 is 0 Å². The fourth-order valence-electron chi connectivity index (χ4n) is 2.19. The molecule has 1 fully saturated rings. The van der Waals surface area contributed by atoms with Crippen molar-refractivity contribution in [2.24, 2.45) is 5.92 Å². The molecular weight excluding hydrogens is 224 g/mol. The molecule has 2 heteroatoms.